The topological polar surface area (TPSA) is 38.2 Å². The van der Waals surface area contributed by atoms with E-state index in [0.717, 1.165) is 30.2 Å². The first-order valence-corrected chi connectivity index (χ1v) is 7.57. The smallest absolute Gasteiger partial charge is 0.125 e. The Labute approximate surface area is 133 Å². The van der Waals surface area contributed by atoms with Crippen LogP contribution in [0.3, 0.4) is 0 Å². The Kier molecular flexibility index (Phi) is 4.66. The Morgan fingerprint density at radius 2 is 2.27 bits per heavy atom. The van der Waals surface area contributed by atoms with E-state index in [1.807, 2.05) is 13.0 Å². The van der Waals surface area contributed by atoms with Gasteiger partial charge < -0.3 is 4.74 Å². The van der Waals surface area contributed by atoms with E-state index in [0.29, 0.717) is 18.2 Å². The zero-order chi connectivity index (χ0) is 15.5. The molecule has 1 aromatic carbocycles. The summed E-state index contributed by atoms with van der Waals surface area (Å²) in [7, 11) is 0. The molecule has 0 radical (unpaired) electrons. The second-order valence-electron chi connectivity index (χ2n) is 5.36. The minimum Gasteiger partial charge on any atom is -0.369 e. The molecule has 1 saturated heterocycles. The normalized spacial score (nSPS) is 19.3. The van der Waals surface area contributed by atoms with Crippen LogP contribution in [-0.2, 0) is 11.3 Å². The van der Waals surface area contributed by atoms with Crippen molar-refractivity contribution in [3.8, 4) is 0 Å². The van der Waals surface area contributed by atoms with E-state index < -0.39 is 0 Å². The molecule has 1 atom stereocenters. The summed E-state index contributed by atoms with van der Waals surface area (Å²) in [5.74, 6) is 0.421. The molecule has 4 nitrogen and oxygen atoms in total. The fraction of sp³-hybridized carbons (Fsp3) is 0.375. The van der Waals surface area contributed by atoms with Gasteiger partial charge >= 0.3 is 0 Å². The van der Waals surface area contributed by atoms with Crippen molar-refractivity contribution in [2.75, 3.05) is 19.7 Å². The molecule has 0 unspecified atom stereocenters. The van der Waals surface area contributed by atoms with E-state index in [-0.39, 0.29) is 11.9 Å². The van der Waals surface area contributed by atoms with Crippen LogP contribution in [-0.4, -0.2) is 34.6 Å². The van der Waals surface area contributed by atoms with E-state index in [1.54, 1.807) is 12.3 Å². The summed E-state index contributed by atoms with van der Waals surface area (Å²) in [5.41, 5.74) is 1.81. The number of halogens is 2. The van der Waals surface area contributed by atoms with Gasteiger partial charge in [0.1, 0.15) is 17.7 Å². The molecule has 116 valence electrons. The van der Waals surface area contributed by atoms with Crippen LogP contribution in [0.1, 0.15) is 23.2 Å². The van der Waals surface area contributed by atoms with Gasteiger partial charge in [0.25, 0.3) is 0 Å². The second-order valence-corrected chi connectivity index (χ2v) is 5.77. The van der Waals surface area contributed by atoms with Crippen LogP contribution in [0.5, 0.6) is 0 Å². The van der Waals surface area contributed by atoms with Crippen LogP contribution in [0.4, 0.5) is 4.39 Å². The maximum atomic E-state index is 13.1. The zero-order valence-corrected chi connectivity index (χ0v) is 13.1. The van der Waals surface area contributed by atoms with Crippen molar-refractivity contribution < 1.29 is 9.13 Å². The molecule has 3 rings (SSSR count). The first kappa shape index (κ1) is 15.3. The molecule has 6 heteroatoms. The highest BCUT2D eigenvalue weighted by Gasteiger charge is 2.23. The van der Waals surface area contributed by atoms with Gasteiger partial charge in [0.2, 0.25) is 0 Å². The van der Waals surface area contributed by atoms with E-state index in [9.17, 15) is 4.39 Å². The lowest BCUT2D eigenvalue weighted by Gasteiger charge is -2.32. The summed E-state index contributed by atoms with van der Waals surface area (Å²) >= 11 is 6.10. The van der Waals surface area contributed by atoms with E-state index in [1.165, 1.54) is 12.1 Å². The molecule has 0 spiro atoms. The fourth-order valence-electron chi connectivity index (χ4n) is 2.57. The standard InChI is InChI=1S/C16H17ClFN3O/c1-11-19-5-4-15(20-11)16-10-21(6-7-22-16)9-12-2-3-13(18)8-14(12)17/h2-5,8,16H,6-7,9-10H2,1H3/t16-/m1/s1. The van der Waals surface area contributed by atoms with E-state index in [2.05, 4.69) is 14.9 Å². The molecule has 0 bridgehead atoms. The van der Waals surface area contributed by atoms with Gasteiger partial charge in [-0.1, -0.05) is 17.7 Å². The Balaban J connectivity index is 1.70. The summed E-state index contributed by atoms with van der Waals surface area (Å²) in [4.78, 5) is 10.8. The van der Waals surface area contributed by atoms with Gasteiger partial charge in [-0.25, -0.2) is 14.4 Å². The highest BCUT2D eigenvalue weighted by Crippen LogP contribution is 2.24. The number of hydrogen-bond acceptors (Lipinski definition) is 4. The number of hydrogen-bond donors (Lipinski definition) is 0. The van der Waals surface area contributed by atoms with Gasteiger partial charge in [-0.2, -0.15) is 0 Å². The summed E-state index contributed by atoms with van der Waals surface area (Å²) in [6, 6.07) is 6.40. The SMILES string of the molecule is Cc1nccc([C@H]2CN(Cc3ccc(F)cc3Cl)CCO2)n1. The Bertz CT molecular complexity index is 668. The third-order valence-electron chi connectivity index (χ3n) is 3.69. The lowest BCUT2D eigenvalue weighted by Crippen LogP contribution is -2.38. The van der Waals surface area contributed by atoms with Gasteiger partial charge in [-0.05, 0) is 30.7 Å². The average molecular weight is 322 g/mol. The molecule has 22 heavy (non-hydrogen) atoms. The Hall–Kier alpha value is -1.56. The second kappa shape index (κ2) is 6.69. The maximum Gasteiger partial charge on any atom is 0.125 e. The van der Waals surface area contributed by atoms with Crippen molar-refractivity contribution in [3.05, 3.63) is 58.4 Å². The molecule has 0 N–H and O–H groups in total. The molecular formula is C16H17ClFN3O. The summed E-state index contributed by atoms with van der Waals surface area (Å²) < 4.78 is 18.9. The van der Waals surface area contributed by atoms with Gasteiger partial charge in [-0.15, -0.1) is 0 Å². The van der Waals surface area contributed by atoms with Crippen LogP contribution >= 0.6 is 11.6 Å². The number of aryl methyl sites for hydroxylation is 1. The van der Waals surface area contributed by atoms with E-state index >= 15 is 0 Å². The number of ether oxygens (including phenoxy) is 1. The number of rotatable bonds is 3. The van der Waals surface area contributed by atoms with Gasteiger partial charge in [0, 0.05) is 30.9 Å². The lowest BCUT2D eigenvalue weighted by molar-refractivity contribution is -0.0351. The predicted octanol–water partition coefficient (Wildman–Crippen LogP) is 3.15. The highest BCUT2D eigenvalue weighted by atomic mass is 35.5. The van der Waals surface area contributed by atoms with Crippen molar-refractivity contribution in [1.29, 1.82) is 0 Å². The monoisotopic (exact) mass is 321 g/mol. The van der Waals surface area contributed by atoms with Crippen LogP contribution < -0.4 is 0 Å². The van der Waals surface area contributed by atoms with Gasteiger partial charge in [0.05, 0.1) is 12.3 Å². The fourth-order valence-corrected chi connectivity index (χ4v) is 2.80. The van der Waals surface area contributed by atoms with Crippen molar-refractivity contribution in [2.24, 2.45) is 0 Å². The quantitative estimate of drug-likeness (QED) is 0.870. The Morgan fingerprint density at radius 3 is 3.05 bits per heavy atom. The number of aromatic nitrogens is 2. The first-order chi connectivity index (χ1) is 10.6. The van der Waals surface area contributed by atoms with Crippen LogP contribution in [0.2, 0.25) is 5.02 Å². The van der Waals surface area contributed by atoms with Crippen molar-refractivity contribution in [2.45, 2.75) is 19.6 Å². The summed E-state index contributed by atoms with van der Waals surface area (Å²) in [6.45, 7) is 4.70. The molecular weight excluding hydrogens is 305 g/mol. The van der Waals surface area contributed by atoms with Crippen LogP contribution in [0.15, 0.2) is 30.5 Å². The largest absolute Gasteiger partial charge is 0.369 e. The van der Waals surface area contributed by atoms with Crippen LogP contribution in [0, 0.1) is 12.7 Å². The molecule has 1 aromatic heterocycles. The summed E-state index contributed by atoms with van der Waals surface area (Å²) in [5, 5.41) is 0.459. The third kappa shape index (κ3) is 3.61. The predicted molar refractivity (Wildman–Crippen MR) is 82.1 cm³/mol. The highest BCUT2D eigenvalue weighted by molar-refractivity contribution is 6.31. The number of morpholine rings is 1. The number of benzene rings is 1. The number of nitrogens with zero attached hydrogens (tertiary/aromatic N) is 3. The average Bonchev–Trinajstić information content (AvgIpc) is 2.50. The minimum atomic E-state index is -0.315. The maximum absolute atomic E-state index is 13.1. The van der Waals surface area contributed by atoms with Crippen LogP contribution in [0.25, 0.3) is 0 Å². The van der Waals surface area contributed by atoms with Gasteiger partial charge in [0.15, 0.2) is 0 Å². The van der Waals surface area contributed by atoms with Crippen molar-refractivity contribution >= 4 is 11.6 Å². The molecule has 1 aliphatic heterocycles. The summed E-state index contributed by atoms with van der Waals surface area (Å²) in [6.07, 6.45) is 1.67. The van der Waals surface area contributed by atoms with Crippen molar-refractivity contribution in [3.63, 3.8) is 0 Å². The lowest BCUT2D eigenvalue weighted by atomic mass is 10.1. The van der Waals surface area contributed by atoms with Gasteiger partial charge in [-0.3, -0.25) is 4.90 Å². The van der Waals surface area contributed by atoms with E-state index in [4.69, 9.17) is 16.3 Å². The van der Waals surface area contributed by atoms with Crippen molar-refractivity contribution in [1.82, 2.24) is 14.9 Å². The first-order valence-electron chi connectivity index (χ1n) is 7.19. The third-order valence-corrected chi connectivity index (χ3v) is 4.04. The molecule has 2 aromatic rings. The molecule has 0 aliphatic carbocycles. The minimum absolute atomic E-state index is 0.0744. The molecule has 0 saturated carbocycles. The Morgan fingerprint density at radius 1 is 1.41 bits per heavy atom. The molecule has 2 heterocycles. The molecule has 0 amide bonds. The molecule has 1 fully saturated rings. The zero-order valence-electron chi connectivity index (χ0n) is 12.3. The molecule has 1 aliphatic rings.